The molecule has 160 valence electrons. The average Bonchev–Trinajstić information content (AvgIpc) is 2.74. The first-order chi connectivity index (χ1) is 14.0. The molecule has 0 saturated carbocycles. The fourth-order valence-electron chi connectivity index (χ4n) is 3.38. The highest BCUT2D eigenvalue weighted by atomic mass is 35.5. The van der Waals surface area contributed by atoms with E-state index in [0.717, 1.165) is 18.5 Å². The van der Waals surface area contributed by atoms with Crippen molar-refractivity contribution in [1.29, 1.82) is 0 Å². The lowest BCUT2D eigenvalue weighted by atomic mass is 9.98. The number of carboxylic acid groups (broad SMARTS) is 1. The maximum Gasteiger partial charge on any atom is 0.307 e. The Hall–Kier alpha value is -2.97. The molecule has 0 amide bonds. The maximum absolute atomic E-state index is 11.2. The van der Waals surface area contributed by atoms with Gasteiger partial charge < -0.3 is 9.94 Å². The molecule has 1 aliphatic rings. The van der Waals surface area contributed by atoms with Crippen molar-refractivity contribution in [3.8, 4) is 0 Å². The summed E-state index contributed by atoms with van der Waals surface area (Å²) in [5.74, 6) is -1.09. The Labute approximate surface area is 180 Å². The van der Waals surface area contributed by atoms with Gasteiger partial charge >= 0.3 is 5.97 Å². The van der Waals surface area contributed by atoms with Crippen LogP contribution in [-0.4, -0.2) is 52.9 Å². The lowest BCUT2D eigenvalue weighted by Crippen LogP contribution is -2.40. The van der Waals surface area contributed by atoms with Gasteiger partial charge in [0.2, 0.25) is 0 Å². The summed E-state index contributed by atoms with van der Waals surface area (Å²) in [7, 11) is 0. The van der Waals surface area contributed by atoms with Crippen LogP contribution in [0.1, 0.15) is 24.0 Å². The Kier molecular flexibility index (Phi) is 8.76. The fraction of sp³-hybridized carbons (Fsp3) is 0.333. The number of carboxylic acids is 1. The SMILES string of the molecule is Cl.O=C(O)C1CCCN(CCO/N=C(\c2ccccc2)c2cccc([N+](=O)[O-])c2)C1. The highest BCUT2D eigenvalue weighted by molar-refractivity contribution is 6.12. The molecule has 0 aromatic heterocycles. The van der Waals surface area contributed by atoms with E-state index in [1.54, 1.807) is 12.1 Å². The predicted octanol–water partition coefficient (Wildman–Crippen LogP) is 3.58. The van der Waals surface area contributed by atoms with Crippen LogP contribution in [0.25, 0.3) is 0 Å². The van der Waals surface area contributed by atoms with Crippen LogP contribution in [-0.2, 0) is 9.63 Å². The van der Waals surface area contributed by atoms with Crippen molar-refractivity contribution in [1.82, 2.24) is 4.90 Å². The number of rotatable bonds is 8. The first kappa shape index (κ1) is 23.3. The van der Waals surface area contributed by atoms with Crippen LogP contribution in [0.2, 0.25) is 0 Å². The van der Waals surface area contributed by atoms with Gasteiger partial charge in [-0.25, -0.2) is 0 Å². The summed E-state index contributed by atoms with van der Waals surface area (Å²) in [6.45, 7) is 2.23. The second kappa shape index (κ2) is 11.3. The molecule has 1 unspecified atom stereocenters. The number of non-ortho nitro benzene ring substituents is 1. The molecular formula is C21H24ClN3O5. The van der Waals surface area contributed by atoms with Crippen LogP contribution in [0.5, 0.6) is 0 Å². The van der Waals surface area contributed by atoms with Crippen LogP contribution < -0.4 is 0 Å². The van der Waals surface area contributed by atoms with E-state index < -0.39 is 10.9 Å². The van der Waals surface area contributed by atoms with E-state index in [4.69, 9.17) is 4.84 Å². The lowest BCUT2D eigenvalue weighted by Gasteiger charge is -2.29. The van der Waals surface area contributed by atoms with Crippen molar-refractivity contribution in [2.45, 2.75) is 12.8 Å². The molecule has 30 heavy (non-hydrogen) atoms. The Balaban J connectivity index is 0.00000320. The summed E-state index contributed by atoms with van der Waals surface area (Å²) in [5.41, 5.74) is 1.88. The summed E-state index contributed by atoms with van der Waals surface area (Å²) in [5, 5.41) is 24.5. The highest BCUT2D eigenvalue weighted by Crippen LogP contribution is 2.18. The Morgan fingerprint density at radius 3 is 2.63 bits per heavy atom. The van der Waals surface area contributed by atoms with E-state index in [2.05, 4.69) is 10.1 Å². The number of likely N-dealkylation sites (tertiary alicyclic amines) is 1. The number of halogens is 1. The molecular weight excluding hydrogens is 410 g/mol. The number of hydrogen-bond donors (Lipinski definition) is 1. The predicted molar refractivity (Wildman–Crippen MR) is 115 cm³/mol. The van der Waals surface area contributed by atoms with Crippen LogP contribution in [0.15, 0.2) is 59.8 Å². The van der Waals surface area contributed by atoms with Crippen molar-refractivity contribution in [2.75, 3.05) is 26.2 Å². The number of benzene rings is 2. The lowest BCUT2D eigenvalue weighted by molar-refractivity contribution is -0.384. The van der Waals surface area contributed by atoms with Crippen LogP contribution in [0.4, 0.5) is 5.69 Å². The number of carbonyl (C=O) groups is 1. The molecule has 1 aliphatic heterocycles. The van der Waals surface area contributed by atoms with Crippen LogP contribution >= 0.6 is 12.4 Å². The van der Waals surface area contributed by atoms with Crippen molar-refractivity contribution >= 4 is 29.8 Å². The second-order valence-electron chi connectivity index (χ2n) is 6.92. The second-order valence-corrected chi connectivity index (χ2v) is 6.92. The number of aliphatic carboxylic acids is 1. The first-order valence-electron chi connectivity index (χ1n) is 9.50. The number of nitro benzene ring substituents is 1. The van der Waals surface area contributed by atoms with Crippen LogP contribution in [0.3, 0.4) is 0 Å². The summed E-state index contributed by atoms with van der Waals surface area (Å²) < 4.78 is 0. The number of nitrogens with zero attached hydrogens (tertiary/aromatic N) is 3. The monoisotopic (exact) mass is 433 g/mol. The van der Waals surface area contributed by atoms with Crippen molar-refractivity contribution in [3.05, 3.63) is 75.8 Å². The third-order valence-electron chi connectivity index (χ3n) is 4.89. The number of nitro groups is 1. The van der Waals surface area contributed by atoms with Gasteiger partial charge in [0.05, 0.1) is 10.8 Å². The molecule has 0 spiro atoms. The van der Waals surface area contributed by atoms with Crippen molar-refractivity contribution < 1.29 is 19.7 Å². The largest absolute Gasteiger partial charge is 0.481 e. The van der Waals surface area contributed by atoms with E-state index in [0.29, 0.717) is 37.4 Å². The first-order valence-corrected chi connectivity index (χ1v) is 9.50. The summed E-state index contributed by atoms with van der Waals surface area (Å²) in [6.07, 6.45) is 1.55. The summed E-state index contributed by atoms with van der Waals surface area (Å²) in [4.78, 5) is 29.4. The maximum atomic E-state index is 11.2. The van der Waals surface area contributed by atoms with E-state index in [1.165, 1.54) is 12.1 Å². The van der Waals surface area contributed by atoms with Gasteiger partial charge in [0.15, 0.2) is 0 Å². The van der Waals surface area contributed by atoms with E-state index in [-0.39, 0.29) is 24.0 Å². The van der Waals surface area contributed by atoms with Gasteiger partial charge in [-0.15, -0.1) is 12.4 Å². The Bertz CT molecular complexity index is 891. The van der Waals surface area contributed by atoms with Gasteiger partial charge in [0, 0.05) is 36.3 Å². The van der Waals surface area contributed by atoms with Gasteiger partial charge in [-0.1, -0.05) is 47.6 Å². The minimum Gasteiger partial charge on any atom is -0.481 e. The number of oxime groups is 1. The molecule has 1 N–H and O–H groups in total. The molecule has 9 heteroatoms. The standard InChI is InChI=1S/C21H23N3O5.ClH/c25-21(26)18-9-5-11-23(15-18)12-13-29-22-20(16-6-2-1-3-7-16)17-8-4-10-19(14-17)24(27)28;/h1-4,6-8,10,14,18H,5,9,11-13,15H2,(H,25,26);1H/b22-20+;. The Morgan fingerprint density at radius 1 is 1.20 bits per heavy atom. The van der Waals surface area contributed by atoms with Gasteiger partial charge in [-0.2, -0.15) is 0 Å². The quantitative estimate of drug-likeness (QED) is 0.295. The molecule has 8 nitrogen and oxygen atoms in total. The van der Waals surface area contributed by atoms with Gasteiger partial charge in [0.25, 0.3) is 5.69 Å². The smallest absolute Gasteiger partial charge is 0.307 e. The minimum atomic E-state index is -0.759. The molecule has 1 saturated heterocycles. The zero-order valence-corrected chi connectivity index (χ0v) is 17.2. The van der Waals surface area contributed by atoms with Gasteiger partial charge in [0.1, 0.15) is 12.3 Å². The zero-order valence-electron chi connectivity index (χ0n) is 16.3. The van der Waals surface area contributed by atoms with Crippen molar-refractivity contribution in [2.24, 2.45) is 11.1 Å². The molecule has 3 rings (SSSR count). The molecule has 0 aliphatic carbocycles. The molecule has 1 atom stereocenters. The topological polar surface area (TPSA) is 105 Å². The molecule has 2 aromatic carbocycles. The van der Waals surface area contributed by atoms with E-state index in [1.807, 2.05) is 30.3 Å². The summed E-state index contributed by atoms with van der Waals surface area (Å²) in [6, 6.07) is 15.6. The summed E-state index contributed by atoms with van der Waals surface area (Å²) >= 11 is 0. The molecule has 0 radical (unpaired) electrons. The normalized spacial score (nSPS) is 17.1. The fourth-order valence-corrected chi connectivity index (χ4v) is 3.38. The number of hydrogen-bond acceptors (Lipinski definition) is 6. The molecule has 0 bridgehead atoms. The molecule has 1 heterocycles. The number of piperidine rings is 1. The minimum absolute atomic E-state index is 0. The van der Waals surface area contributed by atoms with Gasteiger partial charge in [-0.05, 0) is 19.4 Å². The van der Waals surface area contributed by atoms with Crippen molar-refractivity contribution in [3.63, 3.8) is 0 Å². The average molecular weight is 434 g/mol. The van der Waals surface area contributed by atoms with Gasteiger partial charge in [-0.3, -0.25) is 19.8 Å². The van der Waals surface area contributed by atoms with E-state index in [9.17, 15) is 20.0 Å². The third-order valence-corrected chi connectivity index (χ3v) is 4.89. The Morgan fingerprint density at radius 2 is 1.93 bits per heavy atom. The highest BCUT2D eigenvalue weighted by Gasteiger charge is 2.25. The molecule has 2 aromatic rings. The zero-order chi connectivity index (χ0) is 20.6. The molecule has 1 fully saturated rings. The van der Waals surface area contributed by atoms with Crippen LogP contribution in [0, 0.1) is 16.0 Å². The third kappa shape index (κ3) is 6.27. The van der Waals surface area contributed by atoms with E-state index >= 15 is 0 Å².